The summed E-state index contributed by atoms with van der Waals surface area (Å²) in [6.07, 6.45) is 3.59. The Bertz CT molecular complexity index is 741. The van der Waals surface area contributed by atoms with Gasteiger partial charge in [-0.3, -0.25) is 9.78 Å². The lowest BCUT2D eigenvalue weighted by molar-refractivity contribution is 0.586. The smallest absolute Gasteiger partial charge is 0.203 e. The van der Waals surface area contributed by atoms with Gasteiger partial charge in [-0.2, -0.15) is 5.10 Å². The van der Waals surface area contributed by atoms with Gasteiger partial charge in [-0.15, -0.1) is 15.3 Å². The van der Waals surface area contributed by atoms with Gasteiger partial charge in [0.1, 0.15) is 16.4 Å². The minimum Gasteiger partial charge on any atom is -0.374 e. The Morgan fingerprint density at radius 1 is 1.27 bits per heavy atom. The summed E-state index contributed by atoms with van der Waals surface area (Å²) in [7, 11) is 0. The molecule has 0 bridgehead atoms. The average molecular weight is 318 g/mol. The quantitative estimate of drug-likeness (QED) is 0.713. The third-order valence-corrected chi connectivity index (χ3v) is 3.91. The molecule has 3 rings (SSSR count). The summed E-state index contributed by atoms with van der Waals surface area (Å²) < 4.78 is 1.78. The fourth-order valence-corrected chi connectivity index (χ4v) is 2.74. The molecule has 3 heterocycles. The van der Waals surface area contributed by atoms with Gasteiger partial charge in [-0.1, -0.05) is 30.4 Å². The van der Waals surface area contributed by atoms with Crippen LogP contribution in [-0.2, 0) is 19.4 Å². The number of nitrogen functional groups attached to an aromatic ring is 1. The first kappa shape index (κ1) is 14.6. The molecule has 3 aromatic rings. The summed E-state index contributed by atoms with van der Waals surface area (Å²) in [5, 5.41) is 24.8. The highest BCUT2D eigenvalue weighted by atomic mass is 32.1. The van der Waals surface area contributed by atoms with Crippen molar-refractivity contribution in [1.82, 2.24) is 35.4 Å². The van der Waals surface area contributed by atoms with Crippen molar-refractivity contribution in [3.63, 3.8) is 0 Å². The number of aromatic amines is 1. The van der Waals surface area contributed by atoms with Crippen molar-refractivity contribution in [2.75, 3.05) is 5.73 Å². The minimum atomic E-state index is 0.489. The number of anilines is 1. The van der Waals surface area contributed by atoms with E-state index in [0.29, 0.717) is 17.6 Å². The lowest BCUT2D eigenvalue weighted by Crippen LogP contribution is -2.01. The number of nitrogens with zero attached hydrogens (tertiary/aromatic N) is 6. The molecule has 0 fully saturated rings. The molecule has 116 valence electrons. The van der Waals surface area contributed by atoms with Crippen molar-refractivity contribution >= 4 is 16.5 Å². The zero-order valence-electron chi connectivity index (χ0n) is 12.5. The van der Waals surface area contributed by atoms with Crippen LogP contribution in [0, 0.1) is 5.92 Å². The number of rotatable bonds is 6. The van der Waals surface area contributed by atoms with Gasteiger partial charge in [0, 0.05) is 18.7 Å². The Kier molecular flexibility index (Phi) is 4.14. The Hall–Kier alpha value is -2.29. The molecular weight excluding hydrogens is 300 g/mol. The van der Waals surface area contributed by atoms with Crippen molar-refractivity contribution in [3.05, 3.63) is 23.0 Å². The second-order valence-electron chi connectivity index (χ2n) is 5.53. The van der Waals surface area contributed by atoms with Crippen LogP contribution in [0.3, 0.4) is 0 Å². The van der Waals surface area contributed by atoms with Crippen LogP contribution in [0.4, 0.5) is 5.13 Å². The summed E-state index contributed by atoms with van der Waals surface area (Å²) in [6.45, 7) is 5.04. The molecule has 3 N–H and O–H groups in total. The molecule has 0 saturated heterocycles. The van der Waals surface area contributed by atoms with Crippen LogP contribution in [0.1, 0.15) is 24.5 Å². The molecule has 3 aromatic heterocycles. The summed E-state index contributed by atoms with van der Waals surface area (Å²) in [5.74, 6) is 0.586. The molecule has 0 radical (unpaired) electrons. The number of nitrogens with one attached hydrogen (secondary N) is 1. The zero-order chi connectivity index (χ0) is 15.5. The largest absolute Gasteiger partial charge is 0.374 e. The van der Waals surface area contributed by atoms with E-state index in [9.17, 15) is 0 Å². The lowest BCUT2D eigenvalue weighted by atomic mass is 10.1. The van der Waals surface area contributed by atoms with E-state index in [-0.39, 0.29) is 0 Å². The van der Waals surface area contributed by atoms with Gasteiger partial charge in [0.2, 0.25) is 5.13 Å². The van der Waals surface area contributed by atoms with Gasteiger partial charge >= 0.3 is 0 Å². The SMILES string of the molecule is CC(C)Cc1cc(-c2cn(CCc3nnc(N)s3)nn2)n[nH]1. The lowest BCUT2D eigenvalue weighted by Gasteiger charge is -1.98. The Balaban J connectivity index is 1.64. The van der Waals surface area contributed by atoms with Crippen molar-refractivity contribution in [1.29, 1.82) is 0 Å². The molecular formula is C13H18N8S. The molecule has 0 spiro atoms. The highest BCUT2D eigenvalue weighted by molar-refractivity contribution is 7.15. The van der Waals surface area contributed by atoms with E-state index in [2.05, 4.69) is 44.6 Å². The van der Waals surface area contributed by atoms with E-state index in [0.717, 1.165) is 34.9 Å². The minimum absolute atomic E-state index is 0.489. The van der Waals surface area contributed by atoms with Gasteiger partial charge in [0.05, 0.1) is 6.20 Å². The summed E-state index contributed by atoms with van der Waals surface area (Å²) >= 11 is 1.40. The number of hydrogen-bond acceptors (Lipinski definition) is 7. The van der Waals surface area contributed by atoms with Gasteiger partial charge in [0.25, 0.3) is 0 Å². The first-order valence-electron chi connectivity index (χ1n) is 7.13. The zero-order valence-corrected chi connectivity index (χ0v) is 13.3. The molecule has 0 aliphatic heterocycles. The van der Waals surface area contributed by atoms with E-state index in [1.165, 1.54) is 11.3 Å². The average Bonchev–Trinajstić information content (AvgIpc) is 3.16. The number of H-pyrrole nitrogens is 1. The van der Waals surface area contributed by atoms with E-state index in [4.69, 9.17) is 5.73 Å². The fraction of sp³-hybridized carbons (Fsp3) is 0.462. The molecule has 0 aliphatic carbocycles. The van der Waals surface area contributed by atoms with E-state index in [1.807, 2.05) is 12.3 Å². The molecule has 0 saturated carbocycles. The van der Waals surface area contributed by atoms with E-state index in [1.54, 1.807) is 4.68 Å². The van der Waals surface area contributed by atoms with Crippen LogP contribution in [-0.4, -0.2) is 35.4 Å². The highest BCUT2D eigenvalue weighted by Gasteiger charge is 2.10. The molecule has 0 aliphatic rings. The van der Waals surface area contributed by atoms with Crippen LogP contribution >= 0.6 is 11.3 Å². The predicted octanol–water partition coefficient (Wildman–Crippen LogP) is 1.54. The molecule has 22 heavy (non-hydrogen) atoms. The predicted molar refractivity (Wildman–Crippen MR) is 84.2 cm³/mol. The first-order chi connectivity index (χ1) is 10.6. The summed E-state index contributed by atoms with van der Waals surface area (Å²) in [5.41, 5.74) is 8.27. The van der Waals surface area contributed by atoms with Crippen LogP contribution in [0.15, 0.2) is 12.3 Å². The van der Waals surface area contributed by atoms with Crippen molar-refractivity contribution in [2.45, 2.75) is 33.2 Å². The maximum absolute atomic E-state index is 5.56. The third kappa shape index (κ3) is 3.48. The fourth-order valence-electron chi connectivity index (χ4n) is 2.14. The van der Waals surface area contributed by atoms with Gasteiger partial charge in [0.15, 0.2) is 0 Å². The van der Waals surface area contributed by atoms with Crippen LogP contribution < -0.4 is 5.73 Å². The van der Waals surface area contributed by atoms with Crippen molar-refractivity contribution < 1.29 is 0 Å². The Morgan fingerprint density at radius 2 is 2.14 bits per heavy atom. The topological polar surface area (TPSA) is 111 Å². The summed E-state index contributed by atoms with van der Waals surface area (Å²) in [4.78, 5) is 0. The molecule has 0 aromatic carbocycles. The number of aromatic nitrogens is 7. The van der Waals surface area contributed by atoms with Crippen molar-refractivity contribution in [3.8, 4) is 11.4 Å². The normalized spacial score (nSPS) is 11.4. The monoisotopic (exact) mass is 318 g/mol. The number of nitrogens with two attached hydrogens (primary N) is 1. The molecule has 9 heteroatoms. The van der Waals surface area contributed by atoms with E-state index >= 15 is 0 Å². The van der Waals surface area contributed by atoms with E-state index < -0.39 is 0 Å². The molecule has 0 atom stereocenters. The van der Waals surface area contributed by atoms with Gasteiger partial charge in [-0.05, 0) is 18.4 Å². The van der Waals surface area contributed by atoms with Gasteiger partial charge in [-0.25, -0.2) is 0 Å². The standard InChI is InChI=1S/C13H18N8S/c1-8(2)5-9-6-10(16-15-9)11-7-21(20-17-11)4-3-12-18-19-13(14)22-12/h6-8H,3-5H2,1-2H3,(H2,14,19)(H,15,16). The molecule has 0 amide bonds. The molecule has 8 nitrogen and oxygen atoms in total. The molecule has 0 unspecified atom stereocenters. The van der Waals surface area contributed by atoms with Crippen LogP contribution in [0.5, 0.6) is 0 Å². The second kappa shape index (κ2) is 6.22. The number of hydrogen-bond donors (Lipinski definition) is 2. The maximum atomic E-state index is 5.56. The Labute approximate surface area is 131 Å². The summed E-state index contributed by atoms with van der Waals surface area (Å²) in [6, 6.07) is 2.03. The third-order valence-electron chi connectivity index (χ3n) is 3.10. The van der Waals surface area contributed by atoms with Crippen LogP contribution in [0.2, 0.25) is 0 Å². The Morgan fingerprint density at radius 3 is 2.86 bits per heavy atom. The van der Waals surface area contributed by atoms with Crippen molar-refractivity contribution in [2.24, 2.45) is 5.92 Å². The van der Waals surface area contributed by atoms with Gasteiger partial charge < -0.3 is 5.73 Å². The number of aryl methyl sites for hydroxylation is 2. The van der Waals surface area contributed by atoms with Crippen LogP contribution in [0.25, 0.3) is 11.4 Å². The maximum Gasteiger partial charge on any atom is 0.203 e. The second-order valence-corrected chi connectivity index (χ2v) is 6.62. The first-order valence-corrected chi connectivity index (χ1v) is 7.94. The highest BCUT2D eigenvalue weighted by Crippen LogP contribution is 2.17.